The molecule has 0 aromatic heterocycles. The molecule has 2 aliphatic carbocycles. The Morgan fingerprint density at radius 2 is 1.85 bits per heavy atom. The van der Waals surface area contributed by atoms with Gasteiger partial charge < -0.3 is 50.2 Å². The van der Waals surface area contributed by atoms with Gasteiger partial charge in [0.1, 0.15) is 29.5 Å². The number of Topliss-reactive ketones (excluding diaryl/α,β-unsaturated/α-hetero) is 1. The van der Waals surface area contributed by atoms with E-state index in [1.807, 2.05) is 0 Å². The number of aromatic hydroxyl groups is 2. The number of benzene rings is 2. The van der Waals surface area contributed by atoms with Gasteiger partial charge in [-0.3, -0.25) is 19.6 Å². The van der Waals surface area contributed by atoms with Crippen LogP contribution in [-0.4, -0.2) is 97.2 Å². The van der Waals surface area contributed by atoms with Crippen molar-refractivity contribution >= 4 is 17.3 Å². The van der Waals surface area contributed by atoms with Crippen molar-refractivity contribution in [1.82, 2.24) is 5.23 Å². The van der Waals surface area contributed by atoms with E-state index in [-0.39, 0.29) is 34.4 Å². The minimum absolute atomic E-state index is 0.0548. The summed E-state index contributed by atoms with van der Waals surface area (Å²) in [5.74, 6) is -4.16. The Morgan fingerprint density at radius 1 is 1.17 bits per heavy atom. The summed E-state index contributed by atoms with van der Waals surface area (Å²) in [6.45, 7) is 0.327. The first kappa shape index (κ1) is 29.0. The van der Waals surface area contributed by atoms with Gasteiger partial charge in [-0.2, -0.15) is 0 Å². The SMILES string of the molecule is COc1cccc2c1C(=O)c1c(O)c3c(c(O)c1C2=O)C[C@@](O)(C(=O)CO)C[C@@H]3OC1CC(N([O-])O)C(O)C(C)O1. The highest BCUT2D eigenvalue weighted by atomic mass is 16.8. The summed E-state index contributed by atoms with van der Waals surface area (Å²) >= 11 is 0. The molecule has 0 radical (unpaired) electrons. The maximum atomic E-state index is 13.7. The number of rotatable bonds is 6. The second-order valence-corrected chi connectivity index (χ2v) is 10.4. The molecule has 0 saturated carbocycles. The number of hydrogen-bond acceptors (Lipinski definition) is 14. The molecular formula is C27H28NO13-. The van der Waals surface area contributed by atoms with Crippen molar-refractivity contribution in [2.24, 2.45) is 0 Å². The minimum atomic E-state index is -2.34. The fraction of sp³-hybridized carbons (Fsp3) is 0.444. The summed E-state index contributed by atoms with van der Waals surface area (Å²) in [4.78, 5) is 39.8. The van der Waals surface area contributed by atoms with Gasteiger partial charge in [0, 0.05) is 36.0 Å². The maximum Gasteiger partial charge on any atom is 0.202 e. The Labute approximate surface area is 232 Å². The zero-order valence-electron chi connectivity index (χ0n) is 21.9. The normalized spacial score (nSPS) is 29.1. The molecule has 4 unspecified atom stereocenters. The molecule has 1 fully saturated rings. The van der Waals surface area contributed by atoms with Crippen LogP contribution in [0.3, 0.4) is 0 Å². The molecular weight excluding hydrogens is 546 g/mol. The third-order valence-corrected chi connectivity index (χ3v) is 8.01. The second-order valence-electron chi connectivity index (χ2n) is 10.4. The number of carbonyl (C=O) groups excluding carboxylic acids is 3. The molecule has 6 N–H and O–H groups in total. The zero-order valence-corrected chi connectivity index (χ0v) is 21.9. The number of aliphatic hydroxyl groups excluding tert-OH is 2. The van der Waals surface area contributed by atoms with E-state index in [1.165, 1.54) is 32.2 Å². The van der Waals surface area contributed by atoms with Crippen LogP contribution in [0.15, 0.2) is 18.2 Å². The van der Waals surface area contributed by atoms with Gasteiger partial charge in [-0.05, 0) is 13.0 Å². The van der Waals surface area contributed by atoms with Crippen molar-refractivity contribution in [3.05, 3.63) is 56.8 Å². The molecule has 0 amide bonds. The summed E-state index contributed by atoms with van der Waals surface area (Å²) in [5.41, 5.74) is -4.15. The molecule has 1 saturated heterocycles. The van der Waals surface area contributed by atoms with Crippen molar-refractivity contribution in [1.29, 1.82) is 0 Å². The number of phenols is 2. The van der Waals surface area contributed by atoms with Crippen molar-refractivity contribution in [3.8, 4) is 17.2 Å². The molecule has 0 bridgehead atoms. The van der Waals surface area contributed by atoms with Crippen molar-refractivity contribution in [3.63, 3.8) is 0 Å². The van der Waals surface area contributed by atoms with E-state index >= 15 is 0 Å². The van der Waals surface area contributed by atoms with Crippen LogP contribution in [0.5, 0.6) is 17.2 Å². The van der Waals surface area contributed by atoms with Crippen LogP contribution < -0.4 is 4.74 Å². The lowest BCUT2D eigenvalue weighted by Gasteiger charge is -2.45. The van der Waals surface area contributed by atoms with Crippen LogP contribution in [0.1, 0.15) is 68.8 Å². The van der Waals surface area contributed by atoms with E-state index in [9.17, 15) is 50.3 Å². The molecule has 2 aromatic rings. The lowest BCUT2D eigenvalue weighted by molar-refractivity contribution is -0.275. The van der Waals surface area contributed by atoms with Gasteiger partial charge >= 0.3 is 0 Å². The van der Waals surface area contributed by atoms with Gasteiger partial charge in [0.15, 0.2) is 17.9 Å². The van der Waals surface area contributed by atoms with E-state index in [2.05, 4.69) is 0 Å². The number of hydroxylamine groups is 2. The molecule has 3 aliphatic rings. The first-order valence-electron chi connectivity index (χ1n) is 12.7. The van der Waals surface area contributed by atoms with Crippen LogP contribution in [0.25, 0.3) is 0 Å². The van der Waals surface area contributed by atoms with Crippen molar-refractivity contribution < 1.29 is 59.3 Å². The Morgan fingerprint density at radius 3 is 2.49 bits per heavy atom. The topological polar surface area (TPSA) is 227 Å². The number of hydrogen-bond donors (Lipinski definition) is 6. The smallest absolute Gasteiger partial charge is 0.202 e. The fourth-order valence-electron chi connectivity index (χ4n) is 5.91. The molecule has 220 valence electrons. The van der Waals surface area contributed by atoms with Gasteiger partial charge in [-0.15, -0.1) is 0 Å². The highest BCUT2D eigenvalue weighted by molar-refractivity contribution is 6.31. The third kappa shape index (κ3) is 4.49. The second kappa shape index (κ2) is 10.4. The summed E-state index contributed by atoms with van der Waals surface area (Å²) in [5, 5.41) is 74.5. The Kier molecular flexibility index (Phi) is 7.38. The first-order chi connectivity index (χ1) is 19.3. The first-order valence-corrected chi connectivity index (χ1v) is 12.7. The summed E-state index contributed by atoms with van der Waals surface area (Å²) in [6, 6.07) is 2.89. The molecule has 14 nitrogen and oxygen atoms in total. The number of fused-ring (bicyclic) bond motifs is 3. The molecule has 1 aliphatic heterocycles. The average Bonchev–Trinajstić information content (AvgIpc) is 2.94. The van der Waals surface area contributed by atoms with Crippen LogP contribution in [0.2, 0.25) is 0 Å². The Bertz CT molecular complexity index is 1440. The quantitative estimate of drug-likeness (QED) is 0.171. The lowest BCUT2D eigenvalue weighted by Crippen LogP contribution is -2.54. The Balaban J connectivity index is 1.67. The van der Waals surface area contributed by atoms with E-state index < -0.39 is 101 Å². The highest BCUT2D eigenvalue weighted by Gasteiger charge is 2.50. The van der Waals surface area contributed by atoms with E-state index in [0.29, 0.717) is 0 Å². The summed E-state index contributed by atoms with van der Waals surface area (Å²) in [6.07, 6.45) is -6.87. The number of phenolic OH excluding ortho intramolecular Hbond substituents is 2. The zero-order chi connectivity index (χ0) is 30.0. The van der Waals surface area contributed by atoms with Gasteiger partial charge in [-0.1, -0.05) is 12.1 Å². The monoisotopic (exact) mass is 574 g/mol. The van der Waals surface area contributed by atoms with E-state index in [0.717, 1.165) is 0 Å². The van der Waals surface area contributed by atoms with Gasteiger partial charge in [0.25, 0.3) is 0 Å². The summed E-state index contributed by atoms with van der Waals surface area (Å²) in [7, 11) is 1.29. The average molecular weight is 575 g/mol. The Hall–Kier alpha value is -3.47. The number of ether oxygens (including phenoxy) is 3. The van der Waals surface area contributed by atoms with E-state index in [1.54, 1.807) is 0 Å². The molecule has 0 spiro atoms. The molecule has 6 atom stereocenters. The number of nitrogens with zero attached hydrogens (tertiary/aromatic N) is 1. The standard InChI is InChI=1S/C27H28NO13/c1-10-22(31)13(28(37)38)6-17(40-10)41-15-8-27(36,16(30)9-29)7-12-19(15)26(35)21-20(24(12)33)23(32)11-4-3-5-14(39-2)18(11)25(21)34/h3-5,10,13,15,17,22,29,31,33,35-37H,6-9H2,1-2H3/q-1/t10?,13?,15-,17?,22?,27-/m0/s1. The van der Waals surface area contributed by atoms with Crippen LogP contribution in [0, 0.1) is 5.21 Å². The minimum Gasteiger partial charge on any atom is -0.762 e. The maximum absolute atomic E-state index is 13.7. The van der Waals surface area contributed by atoms with Crippen molar-refractivity contribution in [2.75, 3.05) is 13.7 Å². The number of aliphatic hydroxyl groups is 3. The van der Waals surface area contributed by atoms with Crippen molar-refractivity contribution in [2.45, 2.75) is 62.4 Å². The lowest BCUT2D eigenvalue weighted by atomic mass is 9.72. The number of carbonyl (C=O) groups is 3. The van der Waals surface area contributed by atoms with Crippen LogP contribution in [-0.2, 0) is 20.7 Å². The summed E-state index contributed by atoms with van der Waals surface area (Å²) < 4.78 is 16.8. The molecule has 2 aromatic carbocycles. The third-order valence-electron chi connectivity index (χ3n) is 8.01. The van der Waals surface area contributed by atoms with Crippen LogP contribution in [0.4, 0.5) is 0 Å². The predicted molar refractivity (Wildman–Crippen MR) is 135 cm³/mol. The van der Waals surface area contributed by atoms with E-state index in [4.69, 9.17) is 14.2 Å². The molecule has 41 heavy (non-hydrogen) atoms. The number of methoxy groups -OCH3 is 1. The highest BCUT2D eigenvalue weighted by Crippen LogP contribution is 2.52. The van der Waals surface area contributed by atoms with Gasteiger partial charge in [0.05, 0.1) is 48.2 Å². The van der Waals surface area contributed by atoms with Crippen LogP contribution >= 0.6 is 0 Å². The molecule has 14 heteroatoms. The fourth-order valence-corrected chi connectivity index (χ4v) is 5.91. The predicted octanol–water partition coefficient (Wildman–Crippen LogP) is 0.232. The molecule has 1 heterocycles. The molecule has 5 rings (SSSR count). The number of ketones is 3. The largest absolute Gasteiger partial charge is 0.762 e. The van der Waals surface area contributed by atoms with Gasteiger partial charge in [0.2, 0.25) is 5.78 Å². The van der Waals surface area contributed by atoms with Gasteiger partial charge in [-0.25, -0.2) is 0 Å².